The number of hydrogen-bond donors (Lipinski definition) is 1. The third-order valence-corrected chi connectivity index (χ3v) is 2.35. The molecule has 1 N–H and O–H groups in total. The predicted molar refractivity (Wildman–Crippen MR) is 59.7 cm³/mol. The number of rotatable bonds is 3. The molecule has 0 bridgehead atoms. The highest BCUT2D eigenvalue weighted by Crippen LogP contribution is 2.09. The van der Waals surface area contributed by atoms with Gasteiger partial charge in [-0.15, -0.1) is 11.3 Å². The molecule has 0 unspecified atom stereocenters. The molecule has 0 aliphatic carbocycles. The van der Waals surface area contributed by atoms with Crippen LogP contribution in [0.1, 0.15) is 5.56 Å². The van der Waals surface area contributed by atoms with Crippen LogP contribution in [-0.2, 0) is 0 Å². The van der Waals surface area contributed by atoms with E-state index < -0.39 is 0 Å². The summed E-state index contributed by atoms with van der Waals surface area (Å²) in [6.07, 6.45) is 3.31. The normalized spacial score (nSPS) is 10.7. The number of thiazole rings is 1. The van der Waals surface area contributed by atoms with Crippen molar-refractivity contribution in [1.29, 1.82) is 0 Å². The lowest BCUT2D eigenvalue weighted by Crippen LogP contribution is -1.89. The van der Waals surface area contributed by atoms with Crippen molar-refractivity contribution in [2.45, 2.75) is 0 Å². The standard InChI is InChI=1S/C10H8FN3S/c11-9-3-1-8(2-4-9)7-13-14-10-12-5-6-15-10/h1-7H,(H,12,14)/b13-7+. The fourth-order valence-corrected chi connectivity index (χ4v) is 1.47. The fraction of sp³-hybridized carbons (Fsp3) is 0. The minimum atomic E-state index is -0.250. The van der Waals surface area contributed by atoms with Crippen LogP contribution in [0.2, 0.25) is 0 Å². The van der Waals surface area contributed by atoms with Gasteiger partial charge in [-0.05, 0) is 17.7 Å². The Bertz CT molecular complexity index is 436. The van der Waals surface area contributed by atoms with Crippen LogP contribution in [-0.4, -0.2) is 11.2 Å². The number of nitrogens with one attached hydrogen (secondary N) is 1. The molecule has 2 aromatic rings. The first-order valence-corrected chi connectivity index (χ1v) is 5.17. The Labute approximate surface area is 90.3 Å². The molecule has 3 nitrogen and oxygen atoms in total. The summed E-state index contributed by atoms with van der Waals surface area (Å²) in [6.45, 7) is 0. The van der Waals surface area contributed by atoms with Crippen LogP contribution in [0.4, 0.5) is 9.52 Å². The number of halogens is 1. The van der Waals surface area contributed by atoms with E-state index in [0.717, 1.165) is 10.7 Å². The third-order valence-electron chi connectivity index (χ3n) is 1.68. The molecule has 15 heavy (non-hydrogen) atoms. The van der Waals surface area contributed by atoms with Crippen LogP contribution >= 0.6 is 11.3 Å². The van der Waals surface area contributed by atoms with E-state index in [9.17, 15) is 4.39 Å². The van der Waals surface area contributed by atoms with Crippen molar-refractivity contribution in [3.8, 4) is 0 Å². The molecule has 0 atom stereocenters. The number of nitrogens with zero attached hydrogens (tertiary/aromatic N) is 2. The van der Waals surface area contributed by atoms with Crippen LogP contribution in [0.3, 0.4) is 0 Å². The van der Waals surface area contributed by atoms with E-state index in [4.69, 9.17) is 0 Å². The number of benzene rings is 1. The Morgan fingerprint density at radius 1 is 1.33 bits per heavy atom. The second kappa shape index (κ2) is 4.65. The van der Waals surface area contributed by atoms with E-state index in [-0.39, 0.29) is 5.82 Å². The highest BCUT2D eigenvalue weighted by molar-refractivity contribution is 7.13. The van der Waals surface area contributed by atoms with Crippen molar-refractivity contribution in [1.82, 2.24) is 4.98 Å². The smallest absolute Gasteiger partial charge is 0.203 e. The van der Waals surface area contributed by atoms with Crippen molar-refractivity contribution in [3.63, 3.8) is 0 Å². The molecule has 5 heteroatoms. The molecule has 0 saturated carbocycles. The van der Waals surface area contributed by atoms with Crippen LogP contribution in [0.15, 0.2) is 40.9 Å². The first kappa shape index (κ1) is 9.79. The monoisotopic (exact) mass is 221 g/mol. The summed E-state index contributed by atoms with van der Waals surface area (Å²) in [5, 5.41) is 6.55. The maximum Gasteiger partial charge on any atom is 0.203 e. The van der Waals surface area contributed by atoms with Gasteiger partial charge < -0.3 is 0 Å². The molecule has 0 radical (unpaired) electrons. The minimum Gasteiger partial charge on any atom is -0.253 e. The molecule has 0 spiro atoms. The number of hydrogen-bond acceptors (Lipinski definition) is 4. The summed E-state index contributed by atoms with van der Waals surface area (Å²) in [7, 11) is 0. The fourth-order valence-electron chi connectivity index (χ4n) is 0.990. The molecule has 0 aliphatic rings. The molecule has 1 aromatic carbocycles. The van der Waals surface area contributed by atoms with Crippen LogP contribution < -0.4 is 5.43 Å². The molecule has 1 aromatic heterocycles. The molecule has 0 aliphatic heterocycles. The number of aromatic nitrogens is 1. The zero-order valence-electron chi connectivity index (χ0n) is 7.72. The van der Waals surface area contributed by atoms with Gasteiger partial charge in [0.1, 0.15) is 5.82 Å². The van der Waals surface area contributed by atoms with Crippen molar-refractivity contribution in [3.05, 3.63) is 47.2 Å². The summed E-state index contributed by atoms with van der Waals surface area (Å²) in [4.78, 5) is 4.00. The maximum atomic E-state index is 12.6. The SMILES string of the molecule is Fc1ccc(/C=N/Nc2nccs2)cc1. The van der Waals surface area contributed by atoms with Gasteiger partial charge in [-0.3, -0.25) is 5.43 Å². The van der Waals surface area contributed by atoms with Gasteiger partial charge in [0.2, 0.25) is 5.13 Å². The Balaban J connectivity index is 1.97. The average Bonchev–Trinajstić information content (AvgIpc) is 2.74. The van der Waals surface area contributed by atoms with Gasteiger partial charge in [0.15, 0.2) is 0 Å². The second-order valence-electron chi connectivity index (χ2n) is 2.76. The molecule has 0 saturated heterocycles. The summed E-state index contributed by atoms with van der Waals surface area (Å²) < 4.78 is 12.6. The second-order valence-corrected chi connectivity index (χ2v) is 3.65. The molecule has 76 valence electrons. The van der Waals surface area contributed by atoms with Crippen LogP contribution in [0.5, 0.6) is 0 Å². The summed E-state index contributed by atoms with van der Waals surface area (Å²) in [5.41, 5.74) is 3.60. The van der Waals surface area contributed by atoms with Gasteiger partial charge in [-0.2, -0.15) is 5.10 Å². The summed E-state index contributed by atoms with van der Waals surface area (Å²) in [6, 6.07) is 6.10. The average molecular weight is 221 g/mol. The van der Waals surface area contributed by atoms with Crippen LogP contribution in [0, 0.1) is 5.82 Å². The van der Waals surface area contributed by atoms with E-state index in [1.165, 1.54) is 23.5 Å². The largest absolute Gasteiger partial charge is 0.253 e. The third kappa shape index (κ3) is 2.85. The van der Waals surface area contributed by atoms with Crippen molar-refractivity contribution in [2.24, 2.45) is 5.10 Å². The number of hydrazone groups is 1. The Hall–Kier alpha value is -1.75. The van der Waals surface area contributed by atoms with Gasteiger partial charge in [-0.1, -0.05) is 12.1 Å². The molecule has 1 heterocycles. The summed E-state index contributed by atoms with van der Waals surface area (Å²) >= 11 is 1.46. The molecular weight excluding hydrogens is 213 g/mol. The maximum absolute atomic E-state index is 12.6. The van der Waals surface area contributed by atoms with E-state index in [0.29, 0.717) is 0 Å². The van der Waals surface area contributed by atoms with Gasteiger partial charge in [0, 0.05) is 11.6 Å². The molecule has 2 rings (SSSR count). The zero-order chi connectivity index (χ0) is 10.5. The summed E-state index contributed by atoms with van der Waals surface area (Å²) in [5.74, 6) is -0.250. The van der Waals surface area contributed by atoms with E-state index in [1.54, 1.807) is 24.5 Å². The Morgan fingerprint density at radius 3 is 2.80 bits per heavy atom. The van der Waals surface area contributed by atoms with E-state index in [1.807, 2.05) is 5.38 Å². The lowest BCUT2D eigenvalue weighted by Gasteiger charge is -1.93. The highest BCUT2D eigenvalue weighted by Gasteiger charge is 1.91. The predicted octanol–water partition coefficient (Wildman–Crippen LogP) is 2.73. The van der Waals surface area contributed by atoms with Crippen molar-refractivity contribution >= 4 is 22.7 Å². The van der Waals surface area contributed by atoms with Gasteiger partial charge in [0.25, 0.3) is 0 Å². The lowest BCUT2D eigenvalue weighted by molar-refractivity contribution is 0.628. The lowest BCUT2D eigenvalue weighted by atomic mass is 10.2. The highest BCUT2D eigenvalue weighted by atomic mass is 32.1. The molecule has 0 fully saturated rings. The van der Waals surface area contributed by atoms with Gasteiger partial charge in [-0.25, -0.2) is 9.37 Å². The van der Waals surface area contributed by atoms with Crippen molar-refractivity contribution < 1.29 is 4.39 Å². The first-order chi connectivity index (χ1) is 7.34. The Kier molecular flexibility index (Phi) is 3.04. The molecular formula is C10H8FN3S. The topological polar surface area (TPSA) is 37.3 Å². The van der Waals surface area contributed by atoms with Gasteiger partial charge >= 0.3 is 0 Å². The van der Waals surface area contributed by atoms with E-state index in [2.05, 4.69) is 15.5 Å². The number of anilines is 1. The molecule has 0 amide bonds. The van der Waals surface area contributed by atoms with E-state index >= 15 is 0 Å². The van der Waals surface area contributed by atoms with Crippen LogP contribution in [0.25, 0.3) is 0 Å². The Morgan fingerprint density at radius 2 is 2.13 bits per heavy atom. The minimum absolute atomic E-state index is 0.250. The van der Waals surface area contributed by atoms with Crippen molar-refractivity contribution in [2.75, 3.05) is 5.43 Å². The quantitative estimate of drug-likeness (QED) is 0.639. The first-order valence-electron chi connectivity index (χ1n) is 4.29. The van der Waals surface area contributed by atoms with Gasteiger partial charge in [0.05, 0.1) is 6.21 Å². The zero-order valence-corrected chi connectivity index (χ0v) is 8.54.